The fourth-order valence-corrected chi connectivity index (χ4v) is 4.46. The number of methoxy groups -OCH3 is 1. The number of anilines is 1. The zero-order valence-corrected chi connectivity index (χ0v) is 15.2. The van der Waals surface area contributed by atoms with Gasteiger partial charge in [0.15, 0.2) is 11.6 Å². The summed E-state index contributed by atoms with van der Waals surface area (Å²) in [7, 11) is -2.75. The summed E-state index contributed by atoms with van der Waals surface area (Å²) >= 11 is 0. The number of hydrogen-bond acceptors (Lipinski definition) is 4. The molecule has 1 heterocycles. The van der Waals surface area contributed by atoms with E-state index in [1.54, 1.807) is 12.1 Å². The molecule has 0 radical (unpaired) electrons. The molecular weight excluding hydrogens is 359 g/mol. The molecule has 1 N–H and O–H groups in total. The van der Waals surface area contributed by atoms with Crippen molar-refractivity contribution < 1.29 is 22.3 Å². The second kappa shape index (κ2) is 7.05. The molecule has 1 aliphatic heterocycles. The first-order valence-electron chi connectivity index (χ1n) is 8.07. The third kappa shape index (κ3) is 3.30. The third-order valence-corrected chi connectivity index (χ3v) is 6.00. The van der Waals surface area contributed by atoms with Crippen LogP contribution in [-0.2, 0) is 14.8 Å². The monoisotopic (exact) mass is 378 g/mol. The third-order valence-electron chi connectivity index (χ3n) is 4.38. The summed E-state index contributed by atoms with van der Waals surface area (Å²) in [6, 6.07) is 10.7. The zero-order valence-electron chi connectivity index (χ0n) is 14.4. The molecule has 0 spiro atoms. The molecule has 1 unspecified atom stereocenters. The van der Waals surface area contributed by atoms with Gasteiger partial charge in [0.05, 0.1) is 12.0 Å². The highest BCUT2D eigenvalue weighted by atomic mass is 32.2. The Hall–Kier alpha value is -2.45. The number of benzene rings is 2. The van der Waals surface area contributed by atoms with Crippen molar-refractivity contribution in [2.45, 2.75) is 24.3 Å². The molecule has 1 aliphatic rings. The van der Waals surface area contributed by atoms with Crippen molar-refractivity contribution in [1.29, 1.82) is 0 Å². The quantitative estimate of drug-likeness (QED) is 0.866. The van der Waals surface area contributed by atoms with Gasteiger partial charge in [0.2, 0.25) is 15.9 Å². The van der Waals surface area contributed by atoms with Gasteiger partial charge in [-0.2, -0.15) is 4.72 Å². The topological polar surface area (TPSA) is 75.7 Å². The Morgan fingerprint density at radius 2 is 1.88 bits per heavy atom. The van der Waals surface area contributed by atoms with Crippen LogP contribution in [0.25, 0.3) is 0 Å². The number of nitrogens with zero attached hydrogens (tertiary/aromatic N) is 1. The van der Waals surface area contributed by atoms with Crippen molar-refractivity contribution in [3.63, 3.8) is 0 Å². The lowest BCUT2D eigenvalue weighted by atomic mass is 10.2. The number of amides is 1. The maximum atomic E-state index is 14.2. The van der Waals surface area contributed by atoms with Crippen LogP contribution in [0.3, 0.4) is 0 Å². The van der Waals surface area contributed by atoms with Crippen LogP contribution < -0.4 is 14.4 Å². The molecule has 138 valence electrons. The van der Waals surface area contributed by atoms with Gasteiger partial charge in [-0.15, -0.1) is 0 Å². The lowest BCUT2D eigenvalue weighted by Crippen LogP contribution is -2.41. The molecule has 8 heteroatoms. The fraction of sp³-hybridized carbons (Fsp3) is 0.278. The van der Waals surface area contributed by atoms with E-state index in [9.17, 15) is 17.6 Å². The van der Waals surface area contributed by atoms with Crippen LogP contribution in [0.2, 0.25) is 0 Å². The summed E-state index contributed by atoms with van der Waals surface area (Å²) in [5.74, 6) is -1.10. The van der Waals surface area contributed by atoms with E-state index >= 15 is 0 Å². The highest BCUT2D eigenvalue weighted by molar-refractivity contribution is 7.89. The number of ether oxygens (including phenoxy) is 1. The molecule has 6 nitrogen and oxygen atoms in total. The van der Waals surface area contributed by atoms with Crippen molar-refractivity contribution in [1.82, 2.24) is 4.72 Å². The Bertz CT molecular complexity index is 932. The first kappa shape index (κ1) is 18.3. The lowest BCUT2D eigenvalue weighted by molar-refractivity contribution is -0.118. The minimum Gasteiger partial charge on any atom is -0.494 e. The number of nitrogens with one attached hydrogen (secondary N) is 1. The van der Waals surface area contributed by atoms with Crippen LogP contribution >= 0.6 is 0 Å². The number of halogens is 1. The van der Waals surface area contributed by atoms with Gasteiger partial charge in [-0.05, 0) is 37.6 Å². The van der Waals surface area contributed by atoms with E-state index in [0.29, 0.717) is 18.7 Å². The van der Waals surface area contributed by atoms with E-state index in [4.69, 9.17) is 4.74 Å². The number of sulfonamides is 1. The Morgan fingerprint density at radius 1 is 1.19 bits per heavy atom. The van der Waals surface area contributed by atoms with Gasteiger partial charge < -0.3 is 9.64 Å². The smallest absolute Gasteiger partial charge is 0.245 e. The summed E-state index contributed by atoms with van der Waals surface area (Å²) in [6.45, 7) is 1.77. The van der Waals surface area contributed by atoms with E-state index in [-0.39, 0.29) is 22.1 Å². The summed E-state index contributed by atoms with van der Waals surface area (Å²) < 4.78 is 46.8. The van der Waals surface area contributed by atoms with Crippen molar-refractivity contribution in [3.05, 3.63) is 53.8 Å². The zero-order chi connectivity index (χ0) is 18.9. The van der Waals surface area contributed by atoms with Crippen LogP contribution in [0.4, 0.5) is 10.1 Å². The lowest BCUT2D eigenvalue weighted by Gasteiger charge is -2.18. The number of carbonyl (C=O) groups excluding carboxylic acids is 1. The van der Waals surface area contributed by atoms with Gasteiger partial charge >= 0.3 is 0 Å². The second-order valence-corrected chi connectivity index (χ2v) is 7.68. The minimum atomic E-state index is -4.05. The SMILES string of the molecule is COc1ccc(S(=O)(=O)NC2CCN(c3ccccc3)C2=O)c(C)c1F. The molecule has 26 heavy (non-hydrogen) atoms. The minimum absolute atomic E-state index is 0.0337. The molecule has 0 aromatic heterocycles. The molecule has 3 rings (SSSR count). The summed E-state index contributed by atoms with van der Waals surface area (Å²) in [5, 5.41) is 0. The van der Waals surface area contributed by atoms with Crippen molar-refractivity contribution >= 4 is 21.6 Å². The largest absolute Gasteiger partial charge is 0.494 e. The van der Waals surface area contributed by atoms with Gasteiger partial charge in [-0.25, -0.2) is 12.8 Å². The highest BCUT2D eigenvalue weighted by Crippen LogP contribution is 2.27. The van der Waals surface area contributed by atoms with Gasteiger partial charge in [-0.1, -0.05) is 18.2 Å². The van der Waals surface area contributed by atoms with Crippen molar-refractivity contribution in [3.8, 4) is 5.75 Å². The van der Waals surface area contributed by atoms with Gasteiger partial charge in [0.1, 0.15) is 6.04 Å². The summed E-state index contributed by atoms with van der Waals surface area (Å²) in [5.41, 5.74) is 0.660. The normalized spacial score (nSPS) is 17.6. The summed E-state index contributed by atoms with van der Waals surface area (Å²) in [4.78, 5) is 13.9. The Kier molecular flexibility index (Phi) is 4.97. The molecule has 1 fully saturated rings. The van der Waals surface area contributed by atoms with Crippen LogP contribution in [-0.4, -0.2) is 34.0 Å². The number of carbonyl (C=O) groups is 1. The molecule has 1 saturated heterocycles. The van der Waals surface area contributed by atoms with E-state index in [2.05, 4.69) is 4.72 Å². The predicted octanol–water partition coefficient (Wildman–Crippen LogP) is 2.23. The standard InChI is InChI=1S/C18H19FN2O4S/c1-12-16(9-8-15(25-2)17(12)19)26(23,24)20-14-10-11-21(18(14)22)13-6-4-3-5-7-13/h3-9,14,20H,10-11H2,1-2H3. The van der Waals surface area contributed by atoms with Gasteiger partial charge in [0.25, 0.3) is 0 Å². The molecule has 2 aromatic rings. The van der Waals surface area contributed by atoms with Crippen LogP contribution in [0, 0.1) is 12.7 Å². The van der Waals surface area contributed by atoms with Crippen molar-refractivity contribution in [2.24, 2.45) is 0 Å². The summed E-state index contributed by atoms with van der Waals surface area (Å²) in [6.07, 6.45) is 0.338. The molecule has 1 amide bonds. The highest BCUT2D eigenvalue weighted by Gasteiger charge is 2.36. The number of para-hydroxylation sites is 1. The Balaban J connectivity index is 1.83. The van der Waals surface area contributed by atoms with E-state index in [0.717, 1.165) is 0 Å². The van der Waals surface area contributed by atoms with Crippen LogP contribution in [0.5, 0.6) is 5.75 Å². The van der Waals surface area contributed by atoms with Crippen LogP contribution in [0.15, 0.2) is 47.4 Å². The molecular formula is C18H19FN2O4S. The van der Waals surface area contributed by atoms with E-state index in [1.165, 1.54) is 31.1 Å². The second-order valence-electron chi connectivity index (χ2n) is 5.99. The van der Waals surface area contributed by atoms with E-state index < -0.39 is 21.9 Å². The maximum absolute atomic E-state index is 14.2. The Morgan fingerprint density at radius 3 is 2.54 bits per heavy atom. The number of hydrogen-bond donors (Lipinski definition) is 1. The first-order valence-corrected chi connectivity index (χ1v) is 9.55. The Labute approximate surface area is 151 Å². The van der Waals surface area contributed by atoms with Gasteiger partial charge in [0, 0.05) is 17.8 Å². The molecule has 0 bridgehead atoms. The first-order chi connectivity index (χ1) is 12.3. The molecule has 2 aromatic carbocycles. The molecule has 1 atom stereocenters. The van der Waals surface area contributed by atoms with Crippen molar-refractivity contribution in [2.75, 3.05) is 18.6 Å². The van der Waals surface area contributed by atoms with Gasteiger partial charge in [-0.3, -0.25) is 4.79 Å². The molecule has 0 saturated carbocycles. The predicted molar refractivity (Wildman–Crippen MR) is 95.2 cm³/mol. The maximum Gasteiger partial charge on any atom is 0.245 e. The van der Waals surface area contributed by atoms with E-state index in [1.807, 2.05) is 18.2 Å². The fourth-order valence-electron chi connectivity index (χ4n) is 3.00. The average Bonchev–Trinajstić information content (AvgIpc) is 2.98. The molecule has 0 aliphatic carbocycles. The average molecular weight is 378 g/mol. The van der Waals surface area contributed by atoms with Crippen LogP contribution in [0.1, 0.15) is 12.0 Å². The number of rotatable bonds is 5.